The van der Waals surface area contributed by atoms with Crippen molar-refractivity contribution in [3.63, 3.8) is 0 Å². The van der Waals surface area contributed by atoms with E-state index < -0.39 is 15.9 Å². The van der Waals surface area contributed by atoms with Crippen molar-refractivity contribution in [1.29, 1.82) is 0 Å². The molecule has 0 fully saturated rings. The molecule has 0 saturated heterocycles. The van der Waals surface area contributed by atoms with E-state index in [4.69, 9.17) is 4.74 Å². The Labute approximate surface area is 202 Å². The predicted molar refractivity (Wildman–Crippen MR) is 136 cm³/mol. The number of amides is 1. The number of sulfonamides is 1. The standard InChI is InChI=1S/C27H32N2O4S/c1-4-22-12-8-10-16-25(22)29(34(31,32)23-13-6-5-7-14-23)20-27(30)28-18-19-33-26-17-11-9-15-24(26)21(2)3/h5-17,21H,4,18-20H2,1-3H3,(H,28,30). The molecule has 0 saturated carbocycles. The Morgan fingerprint density at radius 2 is 1.59 bits per heavy atom. The van der Waals surface area contributed by atoms with E-state index in [0.717, 1.165) is 16.9 Å². The van der Waals surface area contributed by atoms with Gasteiger partial charge in [-0.3, -0.25) is 9.10 Å². The molecule has 0 aliphatic heterocycles. The van der Waals surface area contributed by atoms with Gasteiger partial charge in [-0.1, -0.05) is 75.4 Å². The largest absolute Gasteiger partial charge is 0.491 e. The van der Waals surface area contributed by atoms with Gasteiger partial charge in [0.25, 0.3) is 10.0 Å². The highest BCUT2D eigenvalue weighted by molar-refractivity contribution is 7.92. The Hall–Kier alpha value is -3.32. The molecule has 0 spiro atoms. The van der Waals surface area contributed by atoms with E-state index in [0.29, 0.717) is 18.0 Å². The first-order chi connectivity index (χ1) is 16.3. The minimum absolute atomic E-state index is 0.141. The number of carbonyl (C=O) groups excluding carboxylic acids is 1. The lowest BCUT2D eigenvalue weighted by molar-refractivity contribution is -0.119. The van der Waals surface area contributed by atoms with Crippen molar-refractivity contribution in [2.45, 2.75) is 38.0 Å². The fraction of sp³-hybridized carbons (Fsp3) is 0.296. The number of carbonyl (C=O) groups is 1. The number of ether oxygens (including phenoxy) is 1. The molecular weight excluding hydrogens is 448 g/mol. The summed E-state index contributed by atoms with van der Waals surface area (Å²) in [6.07, 6.45) is 0.641. The van der Waals surface area contributed by atoms with Gasteiger partial charge in [0, 0.05) is 0 Å². The van der Waals surface area contributed by atoms with E-state index >= 15 is 0 Å². The highest BCUT2D eigenvalue weighted by atomic mass is 32.2. The third-order valence-corrected chi connectivity index (χ3v) is 7.26. The van der Waals surface area contributed by atoms with Gasteiger partial charge in [-0.2, -0.15) is 0 Å². The first-order valence-electron chi connectivity index (χ1n) is 11.5. The number of hydrogen-bond donors (Lipinski definition) is 1. The van der Waals surface area contributed by atoms with E-state index in [1.807, 2.05) is 43.3 Å². The molecule has 7 heteroatoms. The van der Waals surface area contributed by atoms with E-state index in [2.05, 4.69) is 19.2 Å². The number of para-hydroxylation sites is 2. The highest BCUT2D eigenvalue weighted by Gasteiger charge is 2.28. The normalized spacial score (nSPS) is 11.3. The second-order valence-corrected chi connectivity index (χ2v) is 10.1. The highest BCUT2D eigenvalue weighted by Crippen LogP contribution is 2.28. The number of anilines is 1. The summed E-state index contributed by atoms with van der Waals surface area (Å²) in [6, 6.07) is 23.2. The lowest BCUT2D eigenvalue weighted by atomic mass is 10.0. The maximum atomic E-state index is 13.5. The number of nitrogens with one attached hydrogen (secondary N) is 1. The minimum Gasteiger partial charge on any atom is -0.491 e. The third kappa shape index (κ3) is 6.17. The van der Waals surface area contributed by atoms with Crippen LogP contribution < -0.4 is 14.4 Å². The topological polar surface area (TPSA) is 75.7 Å². The van der Waals surface area contributed by atoms with Crippen LogP contribution in [0.15, 0.2) is 83.8 Å². The van der Waals surface area contributed by atoms with Crippen LogP contribution in [-0.4, -0.2) is 34.0 Å². The summed E-state index contributed by atoms with van der Waals surface area (Å²) in [7, 11) is -3.93. The zero-order chi connectivity index (χ0) is 24.6. The number of hydrogen-bond acceptors (Lipinski definition) is 4. The first kappa shape index (κ1) is 25.3. The van der Waals surface area contributed by atoms with E-state index in [1.54, 1.807) is 30.3 Å². The van der Waals surface area contributed by atoms with Crippen LogP contribution in [0.4, 0.5) is 5.69 Å². The Morgan fingerprint density at radius 3 is 2.29 bits per heavy atom. The Morgan fingerprint density at radius 1 is 0.941 bits per heavy atom. The van der Waals surface area contributed by atoms with Gasteiger partial charge in [0.15, 0.2) is 0 Å². The second-order valence-electron chi connectivity index (χ2n) is 8.20. The maximum Gasteiger partial charge on any atom is 0.264 e. The van der Waals surface area contributed by atoms with Gasteiger partial charge in [-0.25, -0.2) is 8.42 Å². The molecule has 6 nitrogen and oxygen atoms in total. The van der Waals surface area contributed by atoms with Gasteiger partial charge in [0.2, 0.25) is 5.91 Å². The zero-order valence-electron chi connectivity index (χ0n) is 19.9. The second kappa shape index (κ2) is 11.7. The molecule has 34 heavy (non-hydrogen) atoms. The van der Waals surface area contributed by atoms with Crippen LogP contribution in [0.25, 0.3) is 0 Å². The lowest BCUT2D eigenvalue weighted by Crippen LogP contribution is -2.42. The molecule has 0 atom stereocenters. The van der Waals surface area contributed by atoms with Crippen molar-refractivity contribution in [3.8, 4) is 5.75 Å². The number of aryl methyl sites for hydroxylation is 1. The average Bonchev–Trinajstić information content (AvgIpc) is 2.85. The van der Waals surface area contributed by atoms with Crippen molar-refractivity contribution in [1.82, 2.24) is 5.32 Å². The molecule has 0 aromatic heterocycles. The predicted octanol–water partition coefficient (Wildman–Crippen LogP) is 4.76. The molecule has 0 aliphatic rings. The zero-order valence-corrected chi connectivity index (χ0v) is 20.7. The van der Waals surface area contributed by atoms with Crippen LogP contribution in [0.2, 0.25) is 0 Å². The molecule has 3 rings (SSSR count). The van der Waals surface area contributed by atoms with Crippen molar-refractivity contribution in [2.75, 3.05) is 24.0 Å². The van der Waals surface area contributed by atoms with Crippen molar-refractivity contribution in [2.24, 2.45) is 0 Å². The van der Waals surface area contributed by atoms with Gasteiger partial charge in [0.05, 0.1) is 17.1 Å². The third-order valence-electron chi connectivity index (χ3n) is 5.48. The van der Waals surface area contributed by atoms with Gasteiger partial charge in [0.1, 0.15) is 18.9 Å². The van der Waals surface area contributed by atoms with Crippen LogP contribution in [0.1, 0.15) is 37.8 Å². The molecule has 0 unspecified atom stereocenters. The summed E-state index contributed by atoms with van der Waals surface area (Å²) in [5, 5.41) is 2.79. The molecule has 0 aliphatic carbocycles. The van der Waals surface area contributed by atoms with Crippen molar-refractivity contribution in [3.05, 3.63) is 90.0 Å². The molecule has 0 radical (unpaired) electrons. The molecule has 3 aromatic rings. The smallest absolute Gasteiger partial charge is 0.264 e. The summed E-state index contributed by atoms with van der Waals surface area (Å²) in [5.74, 6) is 0.712. The van der Waals surface area contributed by atoms with Crippen molar-refractivity contribution < 1.29 is 17.9 Å². The maximum absolute atomic E-state index is 13.5. The first-order valence-corrected chi connectivity index (χ1v) is 12.9. The molecule has 1 amide bonds. The SMILES string of the molecule is CCc1ccccc1N(CC(=O)NCCOc1ccccc1C(C)C)S(=O)(=O)c1ccccc1. The van der Waals surface area contributed by atoms with E-state index in [1.165, 1.54) is 16.4 Å². The molecule has 0 bridgehead atoms. The monoisotopic (exact) mass is 480 g/mol. The lowest BCUT2D eigenvalue weighted by Gasteiger charge is -2.26. The van der Waals surface area contributed by atoms with Crippen molar-refractivity contribution >= 4 is 21.6 Å². The molecule has 1 N–H and O–H groups in total. The quantitative estimate of drug-likeness (QED) is 0.402. The molecular formula is C27H32N2O4S. The van der Waals surface area contributed by atoms with Crippen LogP contribution in [-0.2, 0) is 21.2 Å². The molecule has 0 heterocycles. The van der Waals surface area contributed by atoms with Gasteiger partial charge in [-0.05, 0) is 47.7 Å². The Balaban J connectivity index is 1.72. The number of rotatable bonds is 11. The molecule has 180 valence electrons. The Bertz CT molecular complexity index is 1190. The van der Waals surface area contributed by atoms with Gasteiger partial charge >= 0.3 is 0 Å². The fourth-order valence-electron chi connectivity index (χ4n) is 3.70. The summed E-state index contributed by atoms with van der Waals surface area (Å²) in [4.78, 5) is 13.0. The van der Waals surface area contributed by atoms with Crippen LogP contribution in [0.5, 0.6) is 5.75 Å². The fourth-order valence-corrected chi connectivity index (χ4v) is 5.18. The summed E-state index contributed by atoms with van der Waals surface area (Å²) >= 11 is 0. The van der Waals surface area contributed by atoms with Crippen LogP contribution >= 0.6 is 0 Å². The summed E-state index contributed by atoms with van der Waals surface area (Å²) in [6.45, 7) is 6.38. The van der Waals surface area contributed by atoms with Crippen LogP contribution in [0, 0.1) is 0 Å². The summed E-state index contributed by atoms with van der Waals surface area (Å²) in [5.41, 5.74) is 2.46. The molecule has 3 aromatic carbocycles. The van der Waals surface area contributed by atoms with Crippen LogP contribution in [0.3, 0.4) is 0 Å². The number of benzene rings is 3. The Kier molecular flexibility index (Phi) is 8.71. The number of nitrogens with zero attached hydrogens (tertiary/aromatic N) is 1. The van der Waals surface area contributed by atoms with Gasteiger partial charge in [-0.15, -0.1) is 0 Å². The van der Waals surface area contributed by atoms with E-state index in [-0.39, 0.29) is 24.6 Å². The summed E-state index contributed by atoms with van der Waals surface area (Å²) < 4.78 is 34.0. The minimum atomic E-state index is -3.93. The average molecular weight is 481 g/mol. The van der Waals surface area contributed by atoms with E-state index in [9.17, 15) is 13.2 Å². The van der Waals surface area contributed by atoms with Gasteiger partial charge < -0.3 is 10.1 Å².